The summed E-state index contributed by atoms with van der Waals surface area (Å²) in [5.41, 5.74) is 6.00. The van der Waals surface area contributed by atoms with Crippen LogP contribution in [0.5, 0.6) is 0 Å². The molecule has 3 atom stereocenters. The van der Waals surface area contributed by atoms with E-state index in [0.717, 1.165) is 38.7 Å². The van der Waals surface area contributed by atoms with Gasteiger partial charge >= 0.3 is 0 Å². The zero-order valence-electron chi connectivity index (χ0n) is 12.0. The third kappa shape index (κ3) is 3.44. The fourth-order valence-electron chi connectivity index (χ4n) is 3.50. The highest BCUT2D eigenvalue weighted by Gasteiger charge is 2.31. The molecule has 4 heteroatoms. The van der Waals surface area contributed by atoms with Gasteiger partial charge in [0.15, 0.2) is 0 Å². The Labute approximate surface area is 111 Å². The molecule has 0 bridgehead atoms. The van der Waals surface area contributed by atoms with E-state index in [0.29, 0.717) is 12.1 Å². The van der Waals surface area contributed by atoms with Gasteiger partial charge in [-0.2, -0.15) is 0 Å². The number of hydrogen-bond donors (Lipinski definition) is 1. The quantitative estimate of drug-likeness (QED) is 0.805. The Hall–Kier alpha value is -0.160. The predicted octanol–water partition coefficient (Wildman–Crippen LogP) is 0.766. The van der Waals surface area contributed by atoms with Gasteiger partial charge in [-0.25, -0.2) is 0 Å². The molecule has 0 saturated carbocycles. The van der Waals surface area contributed by atoms with E-state index in [1.165, 1.54) is 25.8 Å². The van der Waals surface area contributed by atoms with Gasteiger partial charge in [-0.05, 0) is 32.4 Å². The highest BCUT2D eigenvalue weighted by molar-refractivity contribution is 4.86. The average Bonchev–Trinajstić information content (AvgIpc) is 2.38. The molecule has 0 aromatic rings. The number of likely N-dealkylation sites (tertiary alicyclic amines) is 1. The largest absolute Gasteiger partial charge is 0.374 e. The van der Waals surface area contributed by atoms with E-state index in [2.05, 4.69) is 23.8 Å². The van der Waals surface area contributed by atoms with Crippen molar-refractivity contribution in [3.05, 3.63) is 0 Å². The van der Waals surface area contributed by atoms with Crippen LogP contribution in [0.2, 0.25) is 0 Å². The Balaban J connectivity index is 1.89. The van der Waals surface area contributed by atoms with Crippen molar-refractivity contribution < 1.29 is 4.74 Å². The fraction of sp³-hybridized carbons (Fsp3) is 1.00. The highest BCUT2D eigenvalue weighted by atomic mass is 16.5. The second-order valence-corrected chi connectivity index (χ2v) is 5.86. The van der Waals surface area contributed by atoms with Crippen molar-refractivity contribution >= 4 is 0 Å². The lowest BCUT2D eigenvalue weighted by Gasteiger charge is -2.43. The summed E-state index contributed by atoms with van der Waals surface area (Å²) in [6, 6.07) is 0.569. The minimum atomic E-state index is 0.369. The van der Waals surface area contributed by atoms with Crippen molar-refractivity contribution in [1.82, 2.24) is 9.80 Å². The standard InChI is InChI=1S/C14H29N3O/c1-3-12-5-4-6-17(14(12)9-15)11-13-10-16(2)7-8-18-13/h12-14H,3-11,15H2,1-2H3. The number of nitrogens with zero attached hydrogens (tertiary/aromatic N) is 2. The topological polar surface area (TPSA) is 41.7 Å². The molecule has 2 aliphatic heterocycles. The highest BCUT2D eigenvalue weighted by Crippen LogP contribution is 2.26. The molecule has 2 N–H and O–H groups in total. The third-order valence-corrected chi connectivity index (χ3v) is 4.58. The van der Waals surface area contributed by atoms with Crippen molar-refractivity contribution in [3.8, 4) is 0 Å². The Morgan fingerprint density at radius 1 is 1.33 bits per heavy atom. The van der Waals surface area contributed by atoms with Gasteiger partial charge in [-0.1, -0.05) is 13.3 Å². The monoisotopic (exact) mass is 255 g/mol. The molecule has 0 aromatic heterocycles. The van der Waals surface area contributed by atoms with Crippen LogP contribution < -0.4 is 5.73 Å². The van der Waals surface area contributed by atoms with Crippen LogP contribution in [-0.4, -0.2) is 68.3 Å². The first-order chi connectivity index (χ1) is 8.74. The van der Waals surface area contributed by atoms with Crippen LogP contribution in [-0.2, 0) is 4.74 Å². The van der Waals surface area contributed by atoms with E-state index in [-0.39, 0.29) is 0 Å². The number of hydrogen-bond acceptors (Lipinski definition) is 4. The lowest BCUT2D eigenvalue weighted by molar-refractivity contribution is -0.0503. The molecule has 2 heterocycles. The first kappa shape index (κ1) is 14.3. The second kappa shape index (κ2) is 6.85. The molecule has 2 aliphatic rings. The van der Waals surface area contributed by atoms with E-state index < -0.39 is 0 Å². The van der Waals surface area contributed by atoms with E-state index in [9.17, 15) is 0 Å². The van der Waals surface area contributed by atoms with Crippen LogP contribution in [0.3, 0.4) is 0 Å². The van der Waals surface area contributed by atoms with Crippen molar-refractivity contribution in [2.24, 2.45) is 11.7 Å². The maximum atomic E-state index is 6.00. The van der Waals surface area contributed by atoms with E-state index in [1.54, 1.807) is 0 Å². The van der Waals surface area contributed by atoms with Crippen LogP contribution in [0.15, 0.2) is 0 Å². The zero-order valence-corrected chi connectivity index (χ0v) is 12.0. The van der Waals surface area contributed by atoms with Crippen LogP contribution >= 0.6 is 0 Å². The Morgan fingerprint density at radius 2 is 2.17 bits per heavy atom. The molecule has 0 spiro atoms. The van der Waals surface area contributed by atoms with Crippen LogP contribution in [0, 0.1) is 5.92 Å². The molecule has 18 heavy (non-hydrogen) atoms. The zero-order chi connectivity index (χ0) is 13.0. The summed E-state index contributed by atoms with van der Waals surface area (Å²) in [5, 5.41) is 0. The lowest BCUT2D eigenvalue weighted by atomic mass is 9.87. The predicted molar refractivity (Wildman–Crippen MR) is 74.7 cm³/mol. The van der Waals surface area contributed by atoms with Crippen LogP contribution in [0.25, 0.3) is 0 Å². The van der Waals surface area contributed by atoms with Crippen LogP contribution in [0.4, 0.5) is 0 Å². The molecule has 2 fully saturated rings. The first-order valence-electron chi connectivity index (χ1n) is 7.48. The van der Waals surface area contributed by atoms with E-state index in [4.69, 9.17) is 10.5 Å². The maximum absolute atomic E-state index is 6.00. The number of rotatable bonds is 4. The maximum Gasteiger partial charge on any atom is 0.0829 e. The minimum Gasteiger partial charge on any atom is -0.374 e. The molecular weight excluding hydrogens is 226 g/mol. The number of ether oxygens (including phenoxy) is 1. The van der Waals surface area contributed by atoms with Gasteiger partial charge < -0.3 is 15.4 Å². The SMILES string of the molecule is CCC1CCCN(CC2CN(C)CCO2)C1CN. The molecule has 0 aliphatic carbocycles. The summed E-state index contributed by atoms with van der Waals surface area (Å²) in [6.45, 7) is 8.34. The number of nitrogens with two attached hydrogens (primary N) is 1. The Morgan fingerprint density at radius 3 is 2.83 bits per heavy atom. The molecule has 3 unspecified atom stereocenters. The minimum absolute atomic E-state index is 0.369. The summed E-state index contributed by atoms with van der Waals surface area (Å²) in [6.07, 6.45) is 4.29. The average molecular weight is 255 g/mol. The van der Waals surface area contributed by atoms with Crippen molar-refractivity contribution in [1.29, 1.82) is 0 Å². The van der Waals surface area contributed by atoms with Crippen molar-refractivity contribution in [3.63, 3.8) is 0 Å². The lowest BCUT2D eigenvalue weighted by Crippen LogP contribution is -2.54. The van der Waals surface area contributed by atoms with Gasteiger partial charge in [0.05, 0.1) is 12.7 Å². The van der Waals surface area contributed by atoms with Gasteiger partial charge in [0.1, 0.15) is 0 Å². The molecule has 2 rings (SSSR count). The normalized spacial score (nSPS) is 35.8. The van der Waals surface area contributed by atoms with Gasteiger partial charge in [0.2, 0.25) is 0 Å². The molecule has 2 saturated heterocycles. The van der Waals surface area contributed by atoms with Gasteiger partial charge in [0, 0.05) is 32.2 Å². The Bertz CT molecular complexity index is 249. The van der Waals surface area contributed by atoms with Crippen molar-refractivity contribution in [2.45, 2.75) is 38.3 Å². The number of piperidine rings is 1. The summed E-state index contributed by atoms with van der Waals surface area (Å²) in [4.78, 5) is 4.95. The number of likely N-dealkylation sites (N-methyl/N-ethyl adjacent to an activating group) is 1. The first-order valence-corrected chi connectivity index (χ1v) is 7.48. The summed E-state index contributed by atoms with van der Waals surface area (Å²) < 4.78 is 5.89. The van der Waals surface area contributed by atoms with Gasteiger partial charge in [-0.15, -0.1) is 0 Å². The van der Waals surface area contributed by atoms with E-state index >= 15 is 0 Å². The molecule has 0 aromatic carbocycles. The molecule has 0 amide bonds. The summed E-state index contributed by atoms with van der Waals surface area (Å²) in [7, 11) is 2.18. The molecule has 106 valence electrons. The summed E-state index contributed by atoms with van der Waals surface area (Å²) >= 11 is 0. The van der Waals surface area contributed by atoms with Crippen LogP contribution in [0.1, 0.15) is 26.2 Å². The van der Waals surface area contributed by atoms with Gasteiger partial charge in [-0.3, -0.25) is 4.90 Å². The molecular formula is C14H29N3O. The fourth-order valence-corrected chi connectivity index (χ4v) is 3.50. The molecule has 0 radical (unpaired) electrons. The van der Waals surface area contributed by atoms with Crippen molar-refractivity contribution in [2.75, 3.05) is 46.4 Å². The summed E-state index contributed by atoms with van der Waals surface area (Å²) in [5.74, 6) is 0.782. The van der Waals surface area contributed by atoms with E-state index in [1.807, 2.05) is 0 Å². The third-order valence-electron chi connectivity index (χ3n) is 4.58. The second-order valence-electron chi connectivity index (χ2n) is 5.86. The smallest absolute Gasteiger partial charge is 0.0829 e. The number of morpholine rings is 1. The molecule has 4 nitrogen and oxygen atoms in total. The van der Waals surface area contributed by atoms with Gasteiger partial charge in [0.25, 0.3) is 0 Å². The Kier molecular flexibility index (Phi) is 5.42.